The van der Waals surface area contributed by atoms with E-state index in [1.165, 1.54) is 19.3 Å². The summed E-state index contributed by atoms with van der Waals surface area (Å²) in [7, 11) is 0. The fourth-order valence-corrected chi connectivity index (χ4v) is 3.05. The van der Waals surface area contributed by atoms with E-state index in [0.29, 0.717) is 11.8 Å². The molecule has 90 valence electrons. The molecule has 1 N–H and O–H groups in total. The van der Waals surface area contributed by atoms with Gasteiger partial charge in [-0.15, -0.1) is 6.58 Å². The van der Waals surface area contributed by atoms with Gasteiger partial charge in [-0.05, 0) is 32.2 Å². The zero-order valence-electron chi connectivity index (χ0n) is 10.0. The predicted octanol–water partition coefficient (Wildman–Crippen LogP) is 1.55. The summed E-state index contributed by atoms with van der Waals surface area (Å²) in [6.07, 6.45) is 7.16. The maximum Gasteiger partial charge on any atom is 0.226 e. The van der Waals surface area contributed by atoms with Gasteiger partial charge in [0.05, 0.1) is 0 Å². The molecule has 2 heterocycles. The Balaban J connectivity index is 1.97. The van der Waals surface area contributed by atoms with Crippen molar-refractivity contribution in [3.8, 4) is 0 Å². The number of piperidine rings is 2. The molecule has 2 fully saturated rings. The average Bonchev–Trinajstić information content (AvgIpc) is 2.30. The summed E-state index contributed by atoms with van der Waals surface area (Å²) in [6.45, 7) is 7.76. The highest BCUT2D eigenvalue weighted by Crippen LogP contribution is 2.35. The number of hydrogen-bond donors (Lipinski definition) is 1. The van der Waals surface area contributed by atoms with E-state index >= 15 is 0 Å². The van der Waals surface area contributed by atoms with E-state index in [0.717, 1.165) is 32.6 Å². The molecule has 1 atom stereocenters. The molecule has 0 saturated carbocycles. The minimum Gasteiger partial charge on any atom is -0.342 e. The zero-order chi connectivity index (χ0) is 11.4. The van der Waals surface area contributed by atoms with Gasteiger partial charge in [0.25, 0.3) is 0 Å². The van der Waals surface area contributed by atoms with Crippen LogP contribution in [-0.2, 0) is 4.79 Å². The van der Waals surface area contributed by atoms with Gasteiger partial charge in [0.15, 0.2) is 0 Å². The first-order valence-electron chi connectivity index (χ1n) is 6.35. The van der Waals surface area contributed by atoms with E-state index in [2.05, 4.69) is 11.9 Å². The molecule has 0 aliphatic carbocycles. The summed E-state index contributed by atoms with van der Waals surface area (Å²) in [5.74, 6) is 0.250. The molecule has 0 aromatic carbocycles. The number of nitrogens with one attached hydrogen (secondary N) is 1. The summed E-state index contributed by atoms with van der Waals surface area (Å²) in [4.78, 5) is 13.9. The number of rotatable bonds is 2. The van der Waals surface area contributed by atoms with Gasteiger partial charge < -0.3 is 10.2 Å². The Labute approximate surface area is 97.9 Å². The quantitative estimate of drug-likeness (QED) is 0.719. The Morgan fingerprint density at radius 2 is 2.25 bits per heavy atom. The summed E-state index contributed by atoms with van der Waals surface area (Å²) in [6, 6.07) is 0. The van der Waals surface area contributed by atoms with E-state index < -0.39 is 0 Å². The zero-order valence-corrected chi connectivity index (χ0v) is 10.0. The van der Waals surface area contributed by atoms with Crippen molar-refractivity contribution in [3.63, 3.8) is 0 Å². The van der Waals surface area contributed by atoms with Crippen molar-refractivity contribution in [3.05, 3.63) is 12.7 Å². The summed E-state index contributed by atoms with van der Waals surface area (Å²) in [5.41, 5.74) is 0.368. The van der Waals surface area contributed by atoms with Gasteiger partial charge in [0, 0.05) is 31.5 Å². The molecule has 0 bridgehead atoms. The second-order valence-electron chi connectivity index (χ2n) is 5.19. The van der Waals surface area contributed by atoms with Crippen LogP contribution in [0.1, 0.15) is 32.1 Å². The van der Waals surface area contributed by atoms with Gasteiger partial charge in [0.2, 0.25) is 5.91 Å². The number of carbonyl (C=O) groups is 1. The van der Waals surface area contributed by atoms with E-state index in [4.69, 9.17) is 0 Å². The molecule has 3 heteroatoms. The average molecular weight is 222 g/mol. The molecule has 2 aliphatic rings. The fourth-order valence-electron chi connectivity index (χ4n) is 3.05. The molecule has 2 aliphatic heterocycles. The maximum absolute atomic E-state index is 11.9. The molecular formula is C13H22N2O. The van der Waals surface area contributed by atoms with Crippen molar-refractivity contribution < 1.29 is 4.79 Å². The minimum atomic E-state index is 0.250. The first-order valence-corrected chi connectivity index (χ1v) is 6.35. The molecule has 2 saturated heterocycles. The Hall–Kier alpha value is -0.830. The third kappa shape index (κ3) is 2.46. The SMILES string of the molecule is C=CCC(=O)N1CCCC2(CCCNC2)C1. The lowest BCUT2D eigenvalue weighted by Gasteiger charge is -2.45. The molecular weight excluding hydrogens is 200 g/mol. The van der Waals surface area contributed by atoms with Crippen LogP contribution in [0.5, 0.6) is 0 Å². The van der Waals surface area contributed by atoms with Crippen LogP contribution in [0.4, 0.5) is 0 Å². The Morgan fingerprint density at radius 3 is 2.94 bits per heavy atom. The lowest BCUT2D eigenvalue weighted by molar-refractivity contribution is -0.134. The fraction of sp³-hybridized carbons (Fsp3) is 0.769. The molecule has 2 rings (SSSR count). The molecule has 1 unspecified atom stereocenters. The summed E-state index contributed by atoms with van der Waals surface area (Å²) >= 11 is 0. The van der Waals surface area contributed by atoms with Gasteiger partial charge in [-0.3, -0.25) is 4.79 Å². The van der Waals surface area contributed by atoms with Crippen molar-refractivity contribution in [2.24, 2.45) is 5.41 Å². The molecule has 16 heavy (non-hydrogen) atoms. The lowest BCUT2D eigenvalue weighted by atomic mass is 9.74. The van der Waals surface area contributed by atoms with Crippen LogP contribution in [0.25, 0.3) is 0 Å². The van der Waals surface area contributed by atoms with Crippen molar-refractivity contribution in [2.45, 2.75) is 32.1 Å². The number of amides is 1. The minimum absolute atomic E-state index is 0.250. The molecule has 1 spiro atoms. The second kappa shape index (κ2) is 5.00. The van der Waals surface area contributed by atoms with Crippen molar-refractivity contribution in [1.82, 2.24) is 10.2 Å². The smallest absolute Gasteiger partial charge is 0.226 e. The molecule has 0 aromatic heterocycles. The van der Waals surface area contributed by atoms with E-state index in [9.17, 15) is 4.79 Å². The Bertz CT molecular complexity index is 264. The van der Waals surface area contributed by atoms with Crippen LogP contribution in [0.2, 0.25) is 0 Å². The predicted molar refractivity (Wildman–Crippen MR) is 65.2 cm³/mol. The topological polar surface area (TPSA) is 32.3 Å². The first kappa shape index (κ1) is 11.6. The van der Waals surface area contributed by atoms with Crippen molar-refractivity contribution >= 4 is 5.91 Å². The number of nitrogens with zero attached hydrogens (tertiary/aromatic N) is 1. The lowest BCUT2D eigenvalue weighted by Crippen LogP contribution is -2.52. The highest BCUT2D eigenvalue weighted by molar-refractivity contribution is 5.77. The van der Waals surface area contributed by atoms with Gasteiger partial charge in [-0.25, -0.2) is 0 Å². The van der Waals surface area contributed by atoms with Crippen LogP contribution < -0.4 is 5.32 Å². The summed E-state index contributed by atoms with van der Waals surface area (Å²) in [5, 5.41) is 3.48. The van der Waals surface area contributed by atoms with E-state index in [1.54, 1.807) is 6.08 Å². The third-order valence-electron chi connectivity index (χ3n) is 3.89. The first-order chi connectivity index (χ1) is 7.76. The number of hydrogen-bond acceptors (Lipinski definition) is 2. The van der Waals surface area contributed by atoms with E-state index in [1.807, 2.05) is 4.90 Å². The third-order valence-corrected chi connectivity index (χ3v) is 3.89. The van der Waals surface area contributed by atoms with Crippen LogP contribution in [0.3, 0.4) is 0 Å². The normalized spacial score (nSPS) is 30.4. The maximum atomic E-state index is 11.9. The molecule has 0 aromatic rings. The van der Waals surface area contributed by atoms with Crippen LogP contribution in [0, 0.1) is 5.41 Å². The van der Waals surface area contributed by atoms with Crippen molar-refractivity contribution in [1.29, 1.82) is 0 Å². The molecule has 3 nitrogen and oxygen atoms in total. The summed E-state index contributed by atoms with van der Waals surface area (Å²) < 4.78 is 0. The highest BCUT2D eigenvalue weighted by atomic mass is 16.2. The molecule has 0 radical (unpaired) electrons. The van der Waals surface area contributed by atoms with Crippen LogP contribution in [0.15, 0.2) is 12.7 Å². The largest absolute Gasteiger partial charge is 0.342 e. The van der Waals surface area contributed by atoms with Crippen LogP contribution in [-0.4, -0.2) is 37.0 Å². The van der Waals surface area contributed by atoms with Gasteiger partial charge in [0.1, 0.15) is 0 Å². The van der Waals surface area contributed by atoms with Gasteiger partial charge >= 0.3 is 0 Å². The Morgan fingerprint density at radius 1 is 1.44 bits per heavy atom. The Kier molecular flexibility index (Phi) is 3.64. The van der Waals surface area contributed by atoms with E-state index in [-0.39, 0.29) is 5.91 Å². The standard InChI is InChI=1S/C13H22N2O/c1-2-5-12(16)15-9-4-7-13(11-15)6-3-8-14-10-13/h2,14H,1,3-11H2. The van der Waals surface area contributed by atoms with Crippen molar-refractivity contribution in [2.75, 3.05) is 26.2 Å². The molecule has 1 amide bonds. The second-order valence-corrected chi connectivity index (χ2v) is 5.19. The van der Waals surface area contributed by atoms with Crippen LogP contribution >= 0.6 is 0 Å². The van der Waals surface area contributed by atoms with Gasteiger partial charge in [-0.1, -0.05) is 6.08 Å². The monoisotopic (exact) mass is 222 g/mol. The van der Waals surface area contributed by atoms with Gasteiger partial charge in [-0.2, -0.15) is 0 Å². The highest BCUT2D eigenvalue weighted by Gasteiger charge is 2.37. The number of likely N-dealkylation sites (tertiary alicyclic amines) is 1. The number of carbonyl (C=O) groups excluding carboxylic acids is 1.